The van der Waals surface area contributed by atoms with Crippen molar-refractivity contribution in [3.05, 3.63) is 16.1 Å². The fraction of sp³-hybridized carbons (Fsp3) is 0.727. The molecule has 0 aliphatic rings. The Hall–Kier alpha value is -0.410. The summed E-state index contributed by atoms with van der Waals surface area (Å²) < 4.78 is 0. The minimum Gasteiger partial charge on any atom is -0.319 e. The summed E-state index contributed by atoms with van der Waals surface area (Å²) in [5, 5.41) is 6.62. The molecule has 1 aromatic rings. The van der Waals surface area contributed by atoms with Crippen molar-refractivity contribution in [2.24, 2.45) is 0 Å². The average Bonchev–Trinajstić information content (AvgIpc) is 2.51. The highest BCUT2D eigenvalue weighted by molar-refractivity contribution is 7.09. The summed E-state index contributed by atoms with van der Waals surface area (Å²) in [5.74, 6) is 0.533. The van der Waals surface area contributed by atoms with E-state index >= 15 is 0 Å². The van der Waals surface area contributed by atoms with E-state index in [-0.39, 0.29) is 5.41 Å². The fourth-order valence-corrected chi connectivity index (χ4v) is 2.49. The molecule has 1 rings (SSSR count). The van der Waals surface area contributed by atoms with Crippen LogP contribution in [0.25, 0.3) is 0 Å². The van der Waals surface area contributed by atoms with Gasteiger partial charge in [-0.3, -0.25) is 0 Å². The zero-order chi connectivity index (χ0) is 10.8. The van der Waals surface area contributed by atoms with Gasteiger partial charge in [0.2, 0.25) is 0 Å². The van der Waals surface area contributed by atoms with Gasteiger partial charge in [0.15, 0.2) is 0 Å². The topological polar surface area (TPSA) is 24.9 Å². The number of thiazole rings is 1. The maximum Gasteiger partial charge on any atom is 0.0997 e. The van der Waals surface area contributed by atoms with Crippen LogP contribution in [0.5, 0.6) is 0 Å². The number of hydrogen-bond acceptors (Lipinski definition) is 3. The minimum absolute atomic E-state index is 0.145. The molecular weight excluding hydrogens is 192 g/mol. The third kappa shape index (κ3) is 2.55. The Labute approximate surface area is 90.8 Å². The molecule has 0 amide bonds. The van der Waals surface area contributed by atoms with E-state index < -0.39 is 0 Å². The van der Waals surface area contributed by atoms with Gasteiger partial charge in [0.05, 0.1) is 10.7 Å². The molecule has 0 saturated carbocycles. The summed E-state index contributed by atoms with van der Waals surface area (Å²) in [4.78, 5) is 4.68. The van der Waals surface area contributed by atoms with Gasteiger partial charge in [-0.05, 0) is 13.0 Å². The van der Waals surface area contributed by atoms with Gasteiger partial charge in [0.1, 0.15) is 0 Å². The molecular formula is C11H20N2S. The fourth-order valence-electron chi connectivity index (χ4n) is 1.38. The Morgan fingerprint density at radius 2 is 2.14 bits per heavy atom. The lowest BCUT2D eigenvalue weighted by molar-refractivity contribution is 0.489. The third-order valence-corrected chi connectivity index (χ3v) is 3.54. The molecule has 0 unspecified atom stereocenters. The minimum atomic E-state index is 0.145. The summed E-state index contributed by atoms with van der Waals surface area (Å²) >= 11 is 1.77. The second-order valence-electron chi connectivity index (χ2n) is 4.65. The van der Waals surface area contributed by atoms with Crippen LogP contribution >= 0.6 is 11.3 Å². The molecule has 0 saturated heterocycles. The molecule has 0 radical (unpaired) electrons. The van der Waals surface area contributed by atoms with Crippen molar-refractivity contribution >= 4 is 11.3 Å². The molecule has 0 aliphatic heterocycles. The first-order valence-corrected chi connectivity index (χ1v) is 5.96. The Morgan fingerprint density at radius 3 is 2.57 bits per heavy atom. The van der Waals surface area contributed by atoms with Gasteiger partial charge in [-0.2, -0.15) is 0 Å². The molecule has 0 spiro atoms. The van der Waals surface area contributed by atoms with Gasteiger partial charge < -0.3 is 5.32 Å². The number of nitrogens with zero attached hydrogens (tertiary/aromatic N) is 1. The highest BCUT2D eigenvalue weighted by Crippen LogP contribution is 2.28. The Balaban J connectivity index is 2.85. The summed E-state index contributed by atoms with van der Waals surface area (Å²) in [5.41, 5.74) is 1.36. The number of hydrogen-bond donors (Lipinski definition) is 1. The zero-order valence-corrected chi connectivity index (χ0v) is 10.5. The maximum atomic E-state index is 4.68. The van der Waals surface area contributed by atoms with Crippen molar-refractivity contribution in [2.45, 2.75) is 39.0 Å². The van der Waals surface area contributed by atoms with Gasteiger partial charge in [-0.15, -0.1) is 11.3 Å². The van der Waals surface area contributed by atoms with Crippen molar-refractivity contribution in [1.82, 2.24) is 10.3 Å². The standard InChI is InChI=1S/C11H20N2S/c1-8(2)9-6-14-10(13-9)11(3,4)7-12-5/h6,8,12H,7H2,1-5H3. The van der Waals surface area contributed by atoms with Crippen molar-refractivity contribution in [1.29, 1.82) is 0 Å². The molecule has 2 nitrogen and oxygen atoms in total. The number of nitrogens with one attached hydrogen (secondary N) is 1. The van der Waals surface area contributed by atoms with E-state index in [2.05, 4.69) is 43.4 Å². The Bertz CT molecular complexity index is 289. The van der Waals surface area contributed by atoms with Crippen LogP contribution in [0.3, 0.4) is 0 Å². The molecule has 0 aliphatic carbocycles. The summed E-state index contributed by atoms with van der Waals surface area (Å²) in [6.07, 6.45) is 0. The van der Waals surface area contributed by atoms with Gasteiger partial charge in [0, 0.05) is 17.3 Å². The van der Waals surface area contributed by atoms with Gasteiger partial charge >= 0.3 is 0 Å². The molecule has 14 heavy (non-hydrogen) atoms. The van der Waals surface area contributed by atoms with Crippen LogP contribution in [0.15, 0.2) is 5.38 Å². The van der Waals surface area contributed by atoms with Crippen LogP contribution in [-0.2, 0) is 5.41 Å². The maximum absolute atomic E-state index is 4.68. The summed E-state index contributed by atoms with van der Waals surface area (Å²) in [6.45, 7) is 9.80. The lowest BCUT2D eigenvalue weighted by Crippen LogP contribution is -2.30. The third-order valence-electron chi connectivity index (χ3n) is 2.31. The van der Waals surface area contributed by atoms with Crippen molar-refractivity contribution in [3.8, 4) is 0 Å². The molecule has 80 valence electrons. The van der Waals surface area contributed by atoms with Gasteiger partial charge in [-0.25, -0.2) is 4.98 Å². The van der Waals surface area contributed by atoms with Crippen LogP contribution in [0.2, 0.25) is 0 Å². The Kier molecular flexibility index (Phi) is 3.67. The second-order valence-corrected chi connectivity index (χ2v) is 5.50. The van der Waals surface area contributed by atoms with Crippen molar-refractivity contribution in [2.75, 3.05) is 13.6 Å². The summed E-state index contributed by atoms with van der Waals surface area (Å²) in [6, 6.07) is 0. The molecule has 0 atom stereocenters. The van der Waals surface area contributed by atoms with E-state index in [9.17, 15) is 0 Å². The molecule has 1 aromatic heterocycles. The van der Waals surface area contributed by atoms with Crippen molar-refractivity contribution < 1.29 is 0 Å². The molecule has 0 bridgehead atoms. The van der Waals surface area contributed by atoms with Crippen LogP contribution in [0.1, 0.15) is 44.3 Å². The number of aromatic nitrogens is 1. The predicted molar refractivity (Wildman–Crippen MR) is 63.2 cm³/mol. The van der Waals surface area contributed by atoms with Crippen molar-refractivity contribution in [3.63, 3.8) is 0 Å². The first-order valence-electron chi connectivity index (χ1n) is 5.08. The van der Waals surface area contributed by atoms with E-state index in [1.165, 1.54) is 10.7 Å². The first kappa shape index (κ1) is 11.7. The first-order chi connectivity index (χ1) is 6.47. The molecule has 3 heteroatoms. The van der Waals surface area contributed by atoms with Gasteiger partial charge in [0.25, 0.3) is 0 Å². The molecule has 0 aromatic carbocycles. The smallest absolute Gasteiger partial charge is 0.0997 e. The molecule has 0 fully saturated rings. The highest BCUT2D eigenvalue weighted by atomic mass is 32.1. The lowest BCUT2D eigenvalue weighted by Gasteiger charge is -2.21. The van der Waals surface area contributed by atoms with Crippen LogP contribution in [-0.4, -0.2) is 18.6 Å². The van der Waals surface area contributed by atoms with E-state index in [0.717, 1.165) is 6.54 Å². The van der Waals surface area contributed by atoms with Crippen LogP contribution < -0.4 is 5.32 Å². The second kappa shape index (κ2) is 4.41. The number of likely N-dealkylation sites (N-methyl/N-ethyl adjacent to an activating group) is 1. The SMILES string of the molecule is CNCC(C)(C)c1nc(C(C)C)cs1. The quantitative estimate of drug-likeness (QED) is 0.830. The lowest BCUT2D eigenvalue weighted by atomic mass is 9.94. The molecule has 1 heterocycles. The van der Waals surface area contributed by atoms with Gasteiger partial charge in [-0.1, -0.05) is 27.7 Å². The zero-order valence-electron chi connectivity index (χ0n) is 9.72. The highest BCUT2D eigenvalue weighted by Gasteiger charge is 2.23. The Morgan fingerprint density at radius 1 is 1.50 bits per heavy atom. The average molecular weight is 212 g/mol. The summed E-state index contributed by atoms with van der Waals surface area (Å²) in [7, 11) is 1.98. The van der Waals surface area contributed by atoms with E-state index in [0.29, 0.717) is 5.92 Å². The monoisotopic (exact) mass is 212 g/mol. The van der Waals surface area contributed by atoms with E-state index in [4.69, 9.17) is 0 Å². The predicted octanol–water partition coefficient (Wildman–Crippen LogP) is 2.76. The van der Waals surface area contributed by atoms with Crippen LogP contribution in [0, 0.1) is 0 Å². The largest absolute Gasteiger partial charge is 0.319 e. The normalized spacial score (nSPS) is 12.4. The number of rotatable bonds is 4. The molecule has 1 N–H and O–H groups in total. The van der Waals surface area contributed by atoms with Crippen LogP contribution in [0.4, 0.5) is 0 Å². The van der Waals surface area contributed by atoms with E-state index in [1.807, 2.05) is 7.05 Å². The van der Waals surface area contributed by atoms with E-state index in [1.54, 1.807) is 11.3 Å².